The third kappa shape index (κ3) is 1.86. The van der Waals surface area contributed by atoms with E-state index in [1.165, 1.54) is 0 Å². The fraction of sp³-hybridized carbons (Fsp3) is 0.364. The van der Waals surface area contributed by atoms with Crippen molar-refractivity contribution in [2.75, 3.05) is 6.79 Å². The highest BCUT2D eigenvalue weighted by Crippen LogP contribution is 2.43. The first-order valence-corrected chi connectivity index (χ1v) is 5.46. The number of rotatable bonds is 2. The molecule has 0 radical (unpaired) electrons. The summed E-state index contributed by atoms with van der Waals surface area (Å²) in [7, 11) is 0. The summed E-state index contributed by atoms with van der Waals surface area (Å²) in [4.78, 5) is 11.1. The van der Waals surface area contributed by atoms with E-state index < -0.39 is 0 Å². The van der Waals surface area contributed by atoms with Gasteiger partial charge >= 0.3 is 0 Å². The zero-order valence-corrected chi connectivity index (χ0v) is 10.2. The van der Waals surface area contributed by atoms with Gasteiger partial charge in [-0.2, -0.15) is 0 Å². The van der Waals surface area contributed by atoms with Crippen LogP contribution >= 0.6 is 15.9 Å². The highest BCUT2D eigenvalue weighted by molar-refractivity contribution is 9.10. The lowest BCUT2D eigenvalue weighted by atomic mass is 10.0. The average molecular weight is 271 g/mol. The molecule has 0 fully saturated rings. The molecule has 0 atom stereocenters. The van der Waals surface area contributed by atoms with E-state index in [1.54, 1.807) is 6.92 Å². The topological polar surface area (TPSA) is 35.5 Å². The molecule has 0 saturated carbocycles. The molecular formula is C11H11BrO3. The summed E-state index contributed by atoms with van der Waals surface area (Å²) in [6, 6.07) is 1.92. The number of benzene rings is 1. The second-order valence-corrected chi connectivity index (χ2v) is 4.44. The summed E-state index contributed by atoms with van der Waals surface area (Å²) in [5.74, 6) is 1.63. The highest BCUT2D eigenvalue weighted by atomic mass is 79.9. The maximum Gasteiger partial charge on any atom is 0.231 e. The van der Waals surface area contributed by atoms with E-state index >= 15 is 0 Å². The molecule has 1 aliphatic heterocycles. The standard InChI is InChI=1S/C11H11BrO3/c1-6(13)3-8-4-9(12)11-10(7(8)2)14-5-15-11/h4H,3,5H2,1-2H3. The van der Waals surface area contributed by atoms with Crippen LogP contribution in [0.5, 0.6) is 11.5 Å². The fourth-order valence-corrected chi connectivity index (χ4v) is 2.23. The number of ether oxygens (including phenoxy) is 2. The monoisotopic (exact) mass is 270 g/mol. The second-order valence-electron chi connectivity index (χ2n) is 3.59. The lowest BCUT2D eigenvalue weighted by molar-refractivity contribution is -0.116. The minimum Gasteiger partial charge on any atom is -0.453 e. The first kappa shape index (κ1) is 10.5. The summed E-state index contributed by atoms with van der Waals surface area (Å²) in [5, 5.41) is 0. The van der Waals surface area contributed by atoms with Crippen molar-refractivity contribution in [3.8, 4) is 11.5 Å². The third-order valence-electron chi connectivity index (χ3n) is 2.39. The molecule has 15 heavy (non-hydrogen) atoms. The number of carbonyl (C=O) groups is 1. The Morgan fingerprint density at radius 3 is 2.80 bits per heavy atom. The van der Waals surface area contributed by atoms with E-state index in [4.69, 9.17) is 9.47 Å². The van der Waals surface area contributed by atoms with Crippen LogP contribution in [0.15, 0.2) is 10.5 Å². The van der Waals surface area contributed by atoms with Crippen LogP contribution in [0, 0.1) is 6.92 Å². The van der Waals surface area contributed by atoms with Gasteiger partial charge in [-0.05, 0) is 47.0 Å². The zero-order valence-electron chi connectivity index (χ0n) is 8.59. The van der Waals surface area contributed by atoms with Crippen LogP contribution in [0.2, 0.25) is 0 Å². The van der Waals surface area contributed by atoms with Crippen LogP contribution in [-0.2, 0) is 11.2 Å². The largest absolute Gasteiger partial charge is 0.453 e. The molecule has 2 rings (SSSR count). The number of halogens is 1. The molecule has 0 bridgehead atoms. The van der Waals surface area contributed by atoms with Crippen molar-refractivity contribution in [2.24, 2.45) is 0 Å². The maximum absolute atomic E-state index is 11.1. The van der Waals surface area contributed by atoms with Gasteiger partial charge < -0.3 is 9.47 Å². The van der Waals surface area contributed by atoms with E-state index in [0.29, 0.717) is 6.42 Å². The Morgan fingerprint density at radius 2 is 2.13 bits per heavy atom. The molecule has 0 unspecified atom stereocenters. The van der Waals surface area contributed by atoms with Gasteiger partial charge in [-0.25, -0.2) is 0 Å². The fourth-order valence-electron chi connectivity index (χ4n) is 1.66. The molecule has 3 nitrogen and oxygen atoms in total. The van der Waals surface area contributed by atoms with E-state index in [0.717, 1.165) is 27.1 Å². The number of ketones is 1. The number of fused-ring (bicyclic) bond motifs is 1. The smallest absolute Gasteiger partial charge is 0.231 e. The van der Waals surface area contributed by atoms with Crippen LogP contribution < -0.4 is 9.47 Å². The van der Waals surface area contributed by atoms with E-state index in [-0.39, 0.29) is 12.6 Å². The van der Waals surface area contributed by atoms with E-state index in [1.807, 2.05) is 13.0 Å². The van der Waals surface area contributed by atoms with Crippen molar-refractivity contribution in [1.29, 1.82) is 0 Å². The molecule has 0 spiro atoms. The summed E-state index contributed by atoms with van der Waals surface area (Å²) in [6.45, 7) is 3.77. The zero-order chi connectivity index (χ0) is 11.0. The number of hydrogen-bond acceptors (Lipinski definition) is 3. The van der Waals surface area contributed by atoms with Gasteiger partial charge in [0.05, 0.1) is 4.47 Å². The first-order valence-electron chi connectivity index (χ1n) is 4.66. The third-order valence-corrected chi connectivity index (χ3v) is 2.98. The molecule has 80 valence electrons. The van der Waals surface area contributed by atoms with Gasteiger partial charge in [0.15, 0.2) is 11.5 Å². The Hall–Kier alpha value is -1.03. The summed E-state index contributed by atoms with van der Waals surface area (Å²) in [6.07, 6.45) is 0.432. The van der Waals surface area contributed by atoms with E-state index in [9.17, 15) is 4.79 Å². The van der Waals surface area contributed by atoms with Gasteiger partial charge in [0.25, 0.3) is 0 Å². The van der Waals surface area contributed by atoms with Gasteiger partial charge in [-0.15, -0.1) is 0 Å². The molecule has 1 heterocycles. The predicted octanol–water partition coefficient (Wildman–Crippen LogP) is 2.62. The maximum atomic E-state index is 11.1. The van der Waals surface area contributed by atoms with Crippen LogP contribution in [0.3, 0.4) is 0 Å². The lowest BCUT2D eigenvalue weighted by Gasteiger charge is -2.08. The normalized spacial score (nSPS) is 13.0. The van der Waals surface area contributed by atoms with Gasteiger partial charge in [0, 0.05) is 6.42 Å². The Kier molecular flexibility index (Phi) is 2.69. The van der Waals surface area contributed by atoms with Crippen molar-refractivity contribution in [2.45, 2.75) is 20.3 Å². The number of Topliss-reactive ketones (excluding diaryl/α,β-unsaturated/α-hetero) is 1. The summed E-state index contributed by atoms with van der Waals surface area (Å²) >= 11 is 3.41. The average Bonchev–Trinajstić information content (AvgIpc) is 2.61. The van der Waals surface area contributed by atoms with Crippen molar-refractivity contribution >= 4 is 21.7 Å². The quantitative estimate of drug-likeness (QED) is 0.829. The lowest BCUT2D eigenvalue weighted by Crippen LogP contribution is -2.00. The van der Waals surface area contributed by atoms with Gasteiger partial charge in [-0.1, -0.05) is 0 Å². The van der Waals surface area contributed by atoms with Crippen LogP contribution in [0.4, 0.5) is 0 Å². The molecule has 0 saturated heterocycles. The number of carbonyl (C=O) groups excluding carboxylic acids is 1. The first-order chi connectivity index (χ1) is 7.09. The SMILES string of the molecule is CC(=O)Cc1cc(Br)c2c(c1C)OCO2. The molecule has 1 aliphatic rings. The minimum absolute atomic E-state index is 0.142. The predicted molar refractivity (Wildman–Crippen MR) is 59.4 cm³/mol. The molecule has 0 aliphatic carbocycles. The Labute approximate surface area is 96.5 Å². The highest BCUT2D eigenvalue weighted by Gasteiger charge is 2.22. The van der Waals surface area contributed by atoms with E-state index in [2.05, 4.69) is 15.9 Å². The van der Waals surface area contributed by atoms with Gasteiger partial charge in [-0.3, -0.25) is 4.79 Å². The van der Waals surface area contributed by atoms with Crippen molar-refractivity contribution < 1.29 is 14.3 Å². The number of hydrogen-bond donors (Lipinski definition) is 0. The molecule has 1 aromatic carbocycles. The van der Waals surface area contributed by atoms with Crippen LogP contribution in [-0.4, -0.2) is 12.6 Å². The Bertz CT molecular complexity index is 426. The van der Waals surface area contributed by atoms with Gasteiger partial charge in [0.2, 0.25) is 6.79 Å². The molecule has 4 heteroatoms. The second kappa shape index (κ2) is 3.85. The molecule has 0 aromatic heterocycles. The molecule has 0 amide bonds. The van der Waals surface area contributed by atoms with Gasteiger partial charge in [0.1, 0.15) is 5.78 Å². The molecule has 0 N–H and O–H groups in total. The minimum atomic E-state index is 0.142. The van der Waals surface area contributed by atoms with Crippen molar-refractivity contribution in [1.82, 2.24) is 0 Å². The Balaban J connectivity index is 2.50. The van der Waals surface area contributed by atoms with Crippen molar-refractivity contribution in [3.63, 3.8) is 0 Å². The van der Waals surface area contributed by atoms with Crippen molar-refractivity contribution in [3.05, 3.63) is 21.7 Å². The van der Waals surface area contributed by atoms with Crippen LogP contribution in [0.25, 0.3) is 0 Å². The Morgan fingerprint density at radius 1 is 1.47 bits per heavy atom. The van der Waals surface area contributed by atoms with Crippen LogP contribution in [0.1, 0.15) is 18.1 Å². The summed E-state index contributed by atoms with van der Waals surface area (Å²) in [5.41, 5.74) is 1.97. The molecular weight excluding hydrogens is 260 g/mol. The summed E-state index contributed by atoms with van der Waals surface area (Å²) < 4.78 is 11.5. The molecule has 1 aromatic rings.